The average Bonchev–Trinajstić information content (AvgIpc) is 3.03. The molecule has 1 rings (SSSR count). The minimum Gasteiger partial charge on any atom is -0.300 e. The highest BCUT2D eigenvalue weighted by Gasteiger charge is 2.34. The Hall–Kier alpha value is -0.900. The van der Waals surface area contributed by atoms with Crippen molar-refractivity contribution in [2.75, 3.05) is 0 Å². The maximum Gasteiger partial charge on any atom is 0.347 e. The number of hydrogen-bond acceptors (Lipinski definition) is 4. The lowest BCUT2D eigenvalue weighted by molar-refractivity contribution is -0.245. The minimum atomic E-state index is -0.599. The molecule has 0 bridgehead atoms. The number of ketones is 1. The van der Waals surface area contributed by atoms with E-state index in [1.165, 1.54) is 44.9 Å². The predicted molar refractivity (Wildman–Crippen MR) is 109 cm³/mol. The molecule has 0 aromatic carbocycles. The highest BCUT2D eigenvalue weighted by Crippen LogP contribution is 2.37. The van der Waals surface area contributed by atoms with Crippen LogP contribution in [-0.2, 0) is 14.5 Å². The summed E-state index contributed by atoms with van der Waals surface area (Å²) < 4.78 is 0. The van der Waals surface area contributed by atoms with Crippen molar-refractivity contribution in [3.05, 3.63) is 0 Å². The van der Waals surface area contributed by atoms with E-state index in [1.807, 2.05) is 13.8 Å². The van der Waals surface area contributed by atoms with Gasteiger partial charge >= 0.3 is 5.97 Å². The van der Waals surface area contributed by atoms with Crippen LogP contribution in [0.25, 0.3) is 0 Å². The smallest absolute Gasteiger partial charge is 0.300 e. The van der Waals surface area contributed by atoms with E-state index >= 15 is 0 Å². The Balaban J connectivity index is 2.24. The summed E-state index contributed by atoms with van der Waals surface area (Å²) in [6, 6.07) is 0. The number of rotatable bonds is 15. The van der Waals surface area contributed by atoms with Gasteiger partial charge in [0.15, 0.2) is 0 Å². The Kier molecular flexibility index (Phi) is 11.9. The molecule has 27 heavy (non-hydrogen) atoms. The maximum atomic E-state index is 12.3. The molecule has 158 valence electrons. The van der Waals surface area contributed by atoms with Gasteiger partial charge in [0.1, 0.15) is 5.78 Å². The first-order chi connectivity index (χ1) is 13.0. The summed E-state index contributed by atoms with van der Waals surface area (Å²) >= 11 is 0. The molecule has 0 aliphatic heterocycles. The zero-order chi connectivity index (χ0) is 20.1. The number of Topliss-reactive ketones (excluding diaryl/α,β-unsaturated/α-hetero) is 1. The van der Waals surface area contributed by atoms with Gasteiger partial charge in [-0.15, -0.1) is 0 Å². The zero-order valence-electron chi connectivity index (χ0n) is 17.9. The average molecular weight is 383 g/mol. The van der Waals surface area contributed by atoms with Crippen molar-refractivity contribution >= 4 is 11.8 Å². The van der Waals surface area contributed by atoms with E-state index in [4.69, 9.17) is 5.26 Å². The molecule has 0 saturated heterocycles. The fourth-order valence-electron chi connectivity index (χ4n) is 4.50. The molecule has 1 unspecified atom stereocenters. The highest BCUT2D eigenvalue weighted by atomic mass is 17.1. The molecule has 0 radical (unpaired) electrons. The van der Waals surface area contributed by atoms with Crippen LogP contribution in [-0.4, -0.2) is 17.0 Å². The molecule has 1 aliphatic carbocycles. The summed E-state index contributed by atoms with van der Waals surface area (Å²) in [5, 5.41) is 8.65. The number of carbonyl (C=O) groups is 2. The van der Waals surface area contributed by atoms with Crippen molar-refractivity contribution in [3.63, 3.8) is 0 Å². The van der Waals surface area contributed by atoms with Crippen LogP contribution < -0.4 is 0 Å². The van der Waals surface area contributed by atoms with Crippen LogP contribution in [0.1, 0.15) is 117 Å². The molecular weight excluding hydrogens is 340 g/mol. The first-order valence-corrected chi connectivity index (χ1v) is 11.4. The van der Waals surface area contributed by atoms with Crippen LogP contribution in [0.2, 0.25) is 0 Å². The van der Waals surface area contributed by atoms with E-state index in [1.54, 1.807) is 0 Å². The molecule has 0 heterocycles. The topological polar surface area (TPSA) is 63.6 Å². The molecule has 1 fully saturated rings. The van der Waals surface area contributed by atoms with Crippen LogP contribution in [0.15, 0.2) is 0 Å². The molecular formula is C23H42O4. The van der Waals surface area contributed by atoms with Gasteiger partial charge in [0.2, 0.25) is 0 Å². The van der Waals surface area contributed by atoms with Crippen LogP contribution in [0.4, 0.5) is 0 Å². The molecule has 0 spiro atoms. The third-order valence-corrected chi connectivity index (χ3v) is 6.77. The Morgan fingerprint density at radius 3 is 2.33 bits per heavy atom. The normalized spacial score (nSPS) is 22.0. The van der Waals surface area contributed by atoms with Crippen LogP contribution in [0.5, 0.6) is 0 Å². The lowest BCUT2D eigenvalue weighted by Gasteiger charge is -2.24. The Morgan fingerprint density at radius 1 is 1.04 bits per heavy atom. The van der Waals surface area contributed by atoms with E-state index < -0.39 is 11.4 Å². The van der Waals surface area contributed by atoms with Crippen LogP contribution in [0, 0.1) is 17.3 Å². The number of hydrogen-bond donors (Lipinski definition) is 1. The second kappa shape index (κ2) is 13.3. The SMILES string of the molecule is CCCCCCCC[C@H]1CCC(=O)[C@@H]1CCCCCC(C)(CC)C(=O)OO. The first kappa shape index (κ1) is 24.1. The minimum absolute atomic E-state index is 0.278. The van der Waals surface area contributed by atoms with Gasteiger partial charge in [-0.2, -0.15) is 5.26 Å². The van der Waals surface area contributed by atoms with Crippen molar-refractivity contribution in [3.8, 4) is 0 Å². The van der Waals surface area contributed by atoms with Gasteiger partial charge in [-0.25, -0.2) is 4.79 Å². The standard InChI is InChI=1S/C23H42O4/c1-4-6-7-8-9-11-14-19-16-17-21(24)20(19)15-12-10-13-18-23(3,5-2)22(25)27-26/h19-20,26H,4-18H2,1-3H3/t19-,20+,23?/m0/s1. The molecule has 1 N–H and O–H groups in total. The first-order valence-electron chi connectivity index (χ1n) is 11.4. The monoisotopic (exact) mass is 382 g/mol. The summed E-state index contributed by atoms with van der Waals surface area (Å²) in [5.41, 5.74) is -0.599. The summed E-state index contributed by atoms with van der Waals surface area (Å²) in [6.45, 7) is 6.04. The van der Waals surface area contributed by atoms with E-state index in [0.717, 1.165) is 44.9 Å². The molecule has 4 nitrogen and oxygen atoms in total. The molecule has 1 saturated carbocycles. The molecule has 0 aromatic heterocycles. The lowest BCUT2D eigenvalue weighted by Crippen LogP contribution is -2.28. The molecule has 1 aliphatic rings. The van der Waals surface area contributed by atoms with Crippen LogP contribution >= 0.6 is 0 Å². The van der Waals surface area contributed by atoms with Gasteiger partial charge in [-0.3, -0.25) is 4.79 Å². The Morgan fingerprint density at radius 2 is 1.67 bits per heavy atom. The van der Waals surface area contributed by atoms with Crippen molar-refractivity contribution in [2.24, 2.45) is 17.3 Å². The lowest BCUT2D eigenvalue weighted by atomic mass is 9.81. The van der Waals surface area contributed by atoms with Crippen molar-refractivity contribution in [1.82, 2.24) is 0 Å². The number of unbranched alkanes of at least 4 members (excludes halogenated alkanes) is 7. The fourth-order valence-corrected chi connectivity index (χ4v) is 4.50. The van der Waals surface area contributed by atoms with Gasteiger partial charge in [0.05, 0.1) is 5.41 Å². The second-order valence-corrected chi connectivity index (χ2v) is 8.82. The summed E-state index contributed by atoms with van der Waals surface area (Å²) in [6.07, 6.45) is 16.4. The summed E-state index contributed by atoms with van der Waals surface area (Å²) in [4.78, 5) is 27.9. The Labute approximate surface area is 166 Å². The van der Waals surface area contributed by atoms with Gasteiger partial charge in [-0.05, 0) is 44.9 Å². The zero-order valence-corrected chi connectivity index (χ0v) is 17.9. The maximum absolute atomic E-state index is 12.3. The van der Waals surface area contributed by atoms with E-state index in [-0.39, 0.29) is 5.92 Å². The van der Waals surface area contributed by atoms with E-state index in [9.17, 15) is 9.59 Å². The summed E-state index contributed by atoms with van der Waals surface area (Å²) in [7, 11) is 0. The molecule has 3 atom stereocenters. The third kappa shape index (κ3) is 8.33. The molecule has 4 heteroatoms. The van der Waals surface area contributed by atoms with Crippen molar-refractivity contribution < 1.29 is 19.7 Å². The van der Waals surface area contributed by atoms with Crippen LogP contribution in [0.3, 0.4) is 0 Å². The van der Waals surface area contributed by atoms with Crippen molar-refractivity contribution in [1.29, 1.82) is 0 Å². The van der Waals surface area contributed by atoms with Crippen molar-refractivity contribution in [2.45, 2.75) is 117 Å². The van der Waals surface area contributed by atoms with Gasteiger partial charge < -0.3 is 4.89 Å². The largest absolute Gasteiger partial charge is 0.347 e. The molecule has 0 amide bonds. The highest BCUT2D eigenvalue weighted by molar-refractivity contribution is 5.83. The van der Waals surface area contributed by atoms with E-state index in [0.29, 0.717) is 18.1 Å². The second-order valence-electron chi connectivity index (χ2n) is 8.82. The predicted octanol–water partition coefficient (Wildman–Crippen LogP) is 6.72. The fraction of sp³-hybridized carbons (Fsp3) is 0.913. The number of carbonyl (C=O) groups excluding carboxylic acids is 2. The summed E-state index contributed by atoms with van der Waals surface area (Å²) in [5.74, 6) is 0.831. The third-order valence-electron chi connectivity index (χ3n) is 6.77. The molecule has 0 aromatic rings. The van der Waals surface area contributed by atoms with Gasteiger partial charge in [-0.1, -0.05) is 71.6 Å². The Bertz CT molecular complexity index is 434. The quantitative estimate of drug-likeness (QED) is 0.194. The van der Waals surface area contributed by atoms with Gasteiger partial charge in [0, 0.05) is 12.3 Å². The van der Waals surface area contributed by atoms with Gasteiger partial charge in [0.25, 0.3) is 0 Å². The van der Waals surface area contributed by atoms with E-state index in [2.05, 4.69) is 11.8 Å².